The van der Waals surface area contributed by atoms with Crippen LogP contribution in [-0.2, 0) is 9.53 Å². The molecule has 0 aromatic heterocycles. The molecule has 6 nitrogen and oxygen atoms in total. The van der Waals surface area contributed by atoms with E-state index < -0.39 is 4.92 Å². The average Bonchev–Trinajstić information content (AvgIpc) is 2.94. The van der Waals surface area contributed by atoms with Crippen LogP contribution in [0.25, 0.3) is 0 Å². The molecule has 0 spiro atoms. The summed E-state index contributed by atoms with van der Waals surface area (Å²) in [5.41, 5.74) is 2.83. The summed E-state index contributed by atoms with van der Waals surface area (Å²) in [6, 6.07) is 6.50. The van der Waals surface area contributed by atoms with E-state index in [2.05, 4.69) is 4.90 Å². The molecule has 0 N–H and O–H groups in total. The van der Waals surface area contributed by atoms with Crippen LogP contribution in [0.1, 0.15) is 37.7 Å². The topological polar surface area (TPSA) is 72.7 Å². The molecule has 0 amide bonds. The molecule has 1 aromatic rings. The minimum Gasteiger partial charge on any atom is -0.463 e. The van der Waals surface area contributed by atoms with Crippen molar-refractivity contribution in [1.82, 2.24) is 4.90 Å². The van der Waals surface area contributed by atoms with E-state index in [0.29, 0.717) is 6.61 Å². The number of hydrogen-bond donors (Lipinski definition) is 0. The van der Waals surface area contributed by atoms with Gasteiger partial charge in [-0.2, -0.15) is 0 Å². The van der Waals surface area contributed by atoms with Gasteiger partial charge in [0, 0.05) is 36.8 Å². The SMILES string of the molecule is CCOC(=O)C1=C2CCCCN2CC1c1ccc([N+](=O)[O-])cc1. The quantitative estimate of drug-likeness (QED) is 0.485. The molecule has 0 saturated carbocycles. The monoisotopic (exact) mass is 316 g/mol. The zero-order valence-electron chi connectivity index (χ0n) is 13.2. The minimum atomic E-state index is -0.410. The van der Waals surface area contributed by atoms with Crippen molar-refractivity contribution in [3.8, 4) is 0 Å². The van der Waals surface area contributed by atoms with Gasteiger partial charge in [0.25, 0.3) is 5.69 Å². The van der Waals surface area contributed by atoms with Crippen LogP contribution in [0.4, 0.5) is 5.69 Å². The number of hydrogen-bond acceptors (Lipinski definition) is 5. The zero-order valence-corrected chi connectivity index (χ0v) is 13.2. The lowest BCUT2D eigenvalue weighted by Crippen LogP contribution is -2.26. The number of allylic oxidation sites excluding steroid dienone is 1. The number of non-ortho nitro benzene ring substituents is 1. The summed E-state index contributed by atoms with van der Waals surface area (Å²) in [5.74, 6) is -0.321. The Hall–Kier alpha value is -2.37. The van der Waals surface area contributed by atoms with E-state index in [1.807, 2.05) is 0 Å². The van der Waals surface area contributed by atoms with E-state index in [1.165, 1.54) is 12.1 Å². The molecule has 1 atom stereocenters. The van der Waals surface area contributed by atoms with Crippen molar-refractivity contribution in [3.63, 3.8) is 0 Å². The molecule has 0 aliphatic carbocycles. The molecule has 2 aliphatic heterocycles. The lowest BCUT2D eigenvalue weighted by molar-refractivity contribution is -0.384. The van der Waals surface area contributed by atoms with Crippen LogP contribution < -0.4 is 0 Å². The lowest BCUT2D eigenvalue weighted by atomic mass is 9.91. The third-order valence-corrected chi connectivity index (χ3v) is 4.54. The van der Waals surface area contributed by atoms with Gasteiger partial charge in [0.05, 0.1) is 17.1 Å². The van der Waals surface area contributed by atoms with E-state index in [0.717, 1.165) is 49.2 Å². The van der Waals surface area contributed by atoms with Gasteiger partial charge < -0.3 is 9.64 Å². The van der Waals surface area contributed by atoms with Crippen molar-refractivity contribution in [3.05, 3.63) is 51.2 Å². The number of carbonyl (C=O) groups is 1. The summed E-state index contributed by atoms with van der Waals surface area (Å²) in [6.45, 7) is 3.86. The van der Waals surface area contributed by atoms with Gasteiger partial charge in [-0.15, -0.1) is 0 Å². The molecule has 23 heavy (non-hydrogen) atoms. The molecule has 1 fully saturated rings. The minimum absolute atomic E-state index is 0.0646. The van der Waals surface area contributed by atoms with Gasteiger partial charge in [-0.05, 0) is 31.7 Å². The Kier molecular flexibility index (Phi) is 4.32. The standard InChI is InChI=1S/C17H20N2O4/c1-2-23-17(20)16-14(11-18-10-4-3-5-15(16)18)12-6-8-13(9-7-12)19(21)22/h6-9,14H,2-5,10-11H2,1H3. The smallest absolute Gasteiger partial charge is 0.336 e. The predicted molar refractivity (Wildman–Crippen MR) is 84.9 cm³/mol. The molecule has 3 rings (SSSR count). The van der Waals surface area contributed by atoms with E-state index >= 15 is 0 Å². The molecule has 0 radical (unpaired) electrons. The van der Waals surface area contributed by atoms with Crippen molar-refractivity contribution in [2.24, 2.45) is 0 Å². The summed E-state index contributed by atoms with van der Waals surface area (Å²) in [6.07, 6.45) is 3.12. The molecule has 6 heteroatoms. The molecule has 2 aliphatic rings. The van der Waals surface area contributed by atoms with Crippen molar-refractivity contribution < 1.29 is 14.5 Å². The third kappa shape index (κ3) is 2.93. The predicted octanol–water partition coefficient (Wildman–Crippen LogP) is 3.00. The first-order chi connectivity index (χ1) is 11.1. The van der Waals surface area contributed by atoms with Gasteiger partial charge in [-0.25, -0.2) is 4.79 Å². The van der Waals surface area contributed by atoms with Crippen LogP contribution in [0.3, 0.4) is 0 Å². The second-order valence-electron chi connectivity index (χ2n) is 5.89. The van der Waals surface area contributed by atoms with E-state index in [1.54, 1.807) is 19.1 Å². The molecule has 0 bridgehead atoms. The first kappa shape index (κ1) is 15.5. The first-order valence-corrected chi connectivity index (χ1v) is 8.01. The summed E-state index contributed by atoms with van der Waals surface area (Å²) in [4.78, 5) is 25.1. The number of piperidine rings is 1. The zero-order chi connectivity index (χ0) is 16.4. The fourth-order valence-electron chi connectivity index (χ4n) is 3.48. The average molecular weight is 316 g/mol. The maximum Gasteiger partial charge on any atom is 0.336 e. The molecule has 1 saturated heterocycles. The maximum atomic E-state index is 12.4. The van der Waals surface area contributed by atoms with Gasteiger partial charge in [0.2, 0.25) is 0 Å². The lowest BCUT2D eigenvalue weighted by Gasteiger charge is -2.27. The van der Waals surface area contributed by atoms with Crippen LogP contribution in [0.5, 0.6) is 0 Å². The highest BCUT2D eigenvalue weighted by Gasteiger charge is 2.38. The molecular formula is C17H20N2O4. The number of fused-ring (bicyclic) bond motifs is 1. The second kappa shape index (κ2) is 6.40. The molecule has 2 heterocycles. The number of esters is 1. The van der Waals surface area contributed by atoms with Gasteiger partial charge in [0.1, 0.15) is 0 Å². The Morgan fingerprint density at radius 3 is 2.74 bits per heavy atom. The van der Waals surface area contributed by atoms with Gasteiger partial charge >= 0.3 is 5.97 Å². The fraction of sp³-hybridized carbons (Fsp3) is 0.471. The number of ether oxygens (including phenoxy) is 1. The maximum absolute atomic E-state index is 12.4. The van der Waals surface area contributed by atoms with E-state index in [9.17, 15) is 14.9 Å². The highest BCUT2D eigenvalue weighted by Crippen LogP contribution is 2.41. The summed E-state index contributed by atoms with van der Waals surface area (Å²) in [7, 11) is 0. The normalized spacial score (nSPS) is 20.4. The molecular weight excluding hydrogens is 296 g/mol. The Bertz CT molecular complexity index is 651. The van der Waals surface area contributed by atoms with E-state index in [4.69, 9.17) is 4.74 Å². The number of benzene rings is 1. The molecule has 1 unspecified atom stereocenters. The number of nitrogens with zero attached hydrogens (tertiary/aromatic N) is 2. The van der Waals surface area contributed by atoms with Crippen LogP contribution in [-0.4, -0.2) is 35.5 Å². The Balaban J connectivity index is 1.95. The highest BCUT2D eigenvalue weighted by molar-refractivity contribution is 5.92. The Morgan fingerprint density at radius 1 is 1.35 bits per heavy atom. The van der Waals surface area contributed by atoms with E-state index in [-0.39, 0.29) is 17.6 Å². The number of nitro benzene ring substituents is 1. The summed E-state index contributed by atoms with van der Waals surface area (Å²) < 4.78 is 5.26. The van der Waals surface area contributed by atoms with Crippen LogP contribution >= 0.6 is 0 Å². The fourth-order valence-corrected chi connectivity index (χ4v) is 3.48. The van der Waals surface area contributed by atoms with Crippen molar-refractivity contribution >= 4 is 11.7 Å². The van der Waals surface area contributed by atoms with Gasteiger partial charge in [-0.1, -0.05) is 12.1 Å². The van der Waals surface area contributed by atoms with Crippen molar-refractivity contribution in [2.75, 3.05) is 19.7 Å². The second-order valence-corrected chi connectivity index (χ2v) is 5.89. The molecule has 1 aromatic carbocycles. The number of nitro groups is 1. The Morgan fingerprint density at radius 2 is 2.09 bits per heavy atom. The van der Waals surface area contributed by atoms with Crippen molar-refractivity contribution in [2.45, 2.75) is 32.1 Å². The van der Waals surface area contributed by atoms with Gasteiger partial charge in [-0.3, -0.25) is 10.1 Å². The van der Waals surface area contributed by atoms with Crippen LogP contribution in [0, 0.1) is 10.1 Å². The first-order valence-electron chi connectivity index (χ1n) is 8.01. The number of carbonyl (C=O) groups excluding carboxylic acids is 1. The number of rotatable bonds is 4. The largest absolute Gasteiger partial charge is 0.463 e. The Labute approximate surface area is 134 Å². The third-order valence-electron chi connectivity index (χ3n) is 4.54. The summed E-state index contributed by atoms with van der Waals surface area (Å²) in [5, 5.41) is 10.8. The van der Waals surface area contributed by atoms with Crippen LogP contribution in [0.2, 0.25) is 0 Å². The van der Waals surface area contributed by atoms with Crippen molar-refractivity contribution in [1.29, 1.82) is 0 Å². The van der Waals surface area contributed by atoms with Gasteiger partial charge in [0.15, 0.2) is 0 Å². The summed E-state index contributed by atoms with van der Waals surface area (Å²) >= 11 is 0. The van der Waals surface area contributed by atoms with Crippen LogP contribution in [0.15, 0.2) is 35.5 Å². The highest BCUT2D eigenvalue weighted by atomic mass is 16.6. The molecule has 122 valence electrons.